The quantitative estimate of drug-likeness (QED) is 0.0173. The number of phenols is 1. The van der Waals surface area contributed by atoms with E-state index < -0.39 is 192 Å². The zero-order chi connectivity index (χ0) is 87.5. The van der Waals surface area contributed by atoms with Crippen molar-refractivity contribution in [2.75, 3.05) is 32.7 Å². The highest BCUT2D eigenvalue weighted by Gasteiger charge is 2.44. The number of carbonyl (C=O) groups is 16. The van der Waals surface area contributed by atoms with E-state index in [1.54, 1.807) is 71.9 Å². The molecule has 118 heavy (non-hydrogen) atoms. The van der Waals surface area contributed by atoms with E-state index in [2.05, 4.69) is 68.5 Å². The molecule has 3 aliphatic heterocycles. The van der Waals surface area contributed by atoms with Gasteiger partial charge in [0, 0.05) is 51.9 Å². The fourth-order valence-electron chi connectivity index (χ4n) is 14.0. The zero-order valence-corrected chi connectivity index (χ0v) is 67.9. The van der Waals surface area contributed by atoms with E-state index in [0.29, 0.717) is 24.0 Å². The van der Waals surface area contributed by atoms with Crippen molar-refractivity contribution in [2.45, 2.75) is 255 Å². The van der Waals surface area contributed by atoms with Gasteiger partial charge in [-0.2, -0.15) is 0 Å². The number of amides is 14. The van der Waals surface area contributed by atoms with Gasteiger partial charge in [-0.1, -0.05) is 90.4 Å². The van der Waals surface area contributed by atoms with Crippen LogP contribution in [0.4, 0.5) is 0 Å². The molecule has 0 spiro atoms. The Morgan fingerprint density at radius 2 is 0.924 bits per heavy atom. The third-order valence-electron chi connectivity index (χ3n) is 20.4. The number of aliphatic imine (C=N–C) groups is 2. The van der Waals surface area contributed by atoms with Gasteiger partial charge in [0.15, 0.2) is 11.9 Å². The summed E-state index contributed by atoms with van der Waals surface area (Å²) in [6.45, 7) is 10.6. The summed E-state index contributed by atoms with van der Waals surface area (Å²) in [6, 6.07) is -4.25. The Morgan fingerprint density at radius 3 is 1.42 bits per heavy atom. The first-order chi connectivity index (χ1) is 55.9. The maximum Gasteiger partial charge on any atom is 0.326 e. The minimum atomic E-state index is -1.91. The zero-order valence-electron chi connectivity index (χ0n) is 67.9. The van der Waals surface area contributed by atoms with Crippen molar-refractivity contribution in [3.05, 3.63) is 65.7 Å². The molecule has 652 valence electrons. The van der Waals surface area contributed by atoms with Crippen molar-refractivity contribution in [2.24, 2.45) is 62.1 Å². The van der Waals surface area contributed by atoms with Gasteiger partial charge in [0.05, 0.1) is 6.42 Å². The second kappa shape index (κ2) is 48.7. The van der Waals surface area contributed by atoms with Crippen molar-refractivity contribution in [1.29, 1.82) is 0 Å². The second-order valence-corrected chi connectivity index (χ2v) is 30.9. The number of primary amides is 1. The minimum absolute atomic E-state index is 0.0146. The van der Waals surface area contributed by atoms with Gasteiger partial charge in [-0.05, 0) is 144 Å². The van der Waals surface area contributed by atoms with Gasteiger partial charge >= 0.3 is 11.9 Å². The summed E-state index contributed by atoms with van der Waals surface area (Å²) >= 11 is 0. The first-order valence-electron chi connectivity index (χ1n) is 40.2. The average molecular weight is 1660 g/mol. The molecule has 3 saturated heterocycles. The third kappa shape index (κ3) is 32.4. The molecule has 0 unspecified atom stereocenters. The van der Waals surface area contributed by atoms with E-state index >= 15 is 9.59 Å². The predicted octanol–water partition coefficient (Wildman–Crippen LogP) is -3.51. The number of hydrogen-bond acceptors (Lipinski definition) is 20. The molecular weight excluding hydrogens is 1530 g/mol. The van der Waals surface area contributed by atoms with Crippen LogP contribution in [0.15, 0.2) is 64.6 Å². The molecule has 0 bridgehead atoms. The van der Waals surface area contributed by atoms with Crippen LogP contribution in [-0.2, 0) is 89.6 Å². The van der Waals surface area contributed by atoms with E-state index in [4.69, 9.17) is 34.4 Å². The summed E-state index contributed by atoms with van der Waals surface area (Å²) in [5.74, 6) is -16.2. The number of aliphatic carboxylic acids is 2. The number of carboxylic acids is 2. The van der Waals surface area contributed by atoms with Crippen LogP contribution in [0.25, 0.3) is 0 Å². The molecule has 40 nitrogen and oxygen atoms in total. The summed E-state index contributed by atoms with van der Waals surface area (Å²) in [5, 5.41) is 58.8. The van der Waals surface area contributed by atoms with E-state index in [9.17, 15) is 82.4 Å². The van der Waals surface area contributed by atoms with Crippen LogP contribution in [0.2, 0.25) is 0 Å². The number of hydrogen-bond donors (Lipinski definition) is 20. The SMILES string of the molecule is CC[C@H](C)[C@H](NC(=O)[C@H](Cc1ccc(O)cc1)NC(=O)[C@@H]1CCCN1C(=O)[C@H](CCCN=C(N)N)NC(=O)[C@H](CCCN=C(N)N)NC(=O)[C@@H]1CCCN1C(=O)[C@H](CCCCN)NC(=O)[C@H](CC(N)=O)NC(=O)[C@H](CCC(=O)O)NC(=O)[C@H](Cc1ccccc1)NC(=O)[C@H](CC(C)C)NC(=O)[C@@H]1CCC(=O)N1)C(=O)N[C@@H](CC(C)C)C(=O)O. The molecule has 14 amide bonds. The maximum absolute atomic E-state index is 15.1. The molecule has 3 fully saturated rings. The van der Waals surface area contributed by atoms with E-state index in [0.717, 1.165) is 0 Å². The van der Waals surface area contributed by atoms with E-state index in [1.807, 2.05) is 0 Å². The smallest absolute Gasteiger partial charge is 0.326 e. The van der Waals surface area contributed by atoms with E-state index in [-0.39, 0.29) is 171 Å². The van der Waals surface area contributed by atoms with Crippen LogP contribution in [-0.4, -0.2) is 243 Å². The molecule has 2 aromatic carbocycles. The van der Waals surface area contributed by atoms with Gasteiger partial charge in [0.25, 0.3) is 0 Å². The molecule has 3 aliphatic rings. The van der Waals surface area contributed by atoms with E-state index in [1.165, 1.54) is 34.1 Å². The monoisotopic (exact) mass is 1660 g/mol. The Balaban J connectivity index is 1.41. The molecule has 5 rings (SSSR count). The number of nitrogens with one attached hydrogen (secondary N) is 11. The van der Waals surface area contributed by atoms with Gasteiger partial charge in [0.2, 0.25) is 82.7 Å². The lowest BCUT2D eigenvalue weighted by Crippen LogP contribution is -2.61. The number of rotatable bonds is 50. The number of aromatic hydroxyl groups is 1. The number of carboxylic acid groups (broad SMARTS) is 2. The largest absolute Gasteiger partial charge is 0.508 e. The molecule has 0 aromatic heterocycles. The number of benzene rings is 2. The lowest BCUT2D eigenvalue weighted by atomic mass is 9.96. The van der Waals surface area contributed by atoms with Crippen LogP contribution >= 0.6 is 0 Å². The topological polar surface area (TPSA) is 653 Å². The van der Waals surface area contributed by atoms with Crippen LogP contribution in [0, 0.1) is 17.8 Å². The predicted molar refractivity (Wildman–Crippen MR) is 431 cm³/mol. The fourth-order valence-corrected chi connectivity index (χ4v) is 14.0. The molecule has 14 atom stereocenters. The molecule has 0 saturated carbocycles. The standard InChI is InChI=1S/C78H121N21O19/c1-7-44(6)63(73(114)96-57(76(117)118)38-43(4)5)97-70(111)55(40-46-24-26-47(100)27-25-46)95-72(113)59-23-16-36-99(59)75(116)52(21-14-34-86-78(83)84)90-64(105)48(20-13-33-85-77(81)82)89-71(112)58-22-15-35-98(58)74(115)51(19-11-12-32-79)91-69(110)56(41-60(80)101)94-66(107)50(29-31-62(103)104)88-68(109)54(39-45-17-9-8-10-18-45)93-67(108)53(37-42(2)3)92-65(106)49-28-30-61(102)87-49/h8-10,17-18,24-27,42-44,48-59,63,100H,7,11-16,19-23,28-41,79H2,1-6H3,(H2,80,101)(H,87,102)(H,88,109)(H,89,112)(H,90,105)(H,91,110)(H,92,106)(H,93,108)(H,94,107)(H,95,113)(H,96,114)(H,97,111)(H,103,104)(H,117,118)(H4,81,82,85)(H4,83,84,86)/t44-,48-,49-,50-,51-,52-,53-,54-,55-,56-,57-,58-,59-,63-/m0/s1. The highest BCUT2D eigenvalue weighted by Crippen LogP contribution is 2.25. The minimum Gasteiger partial charge on any atom is -0.508 e. The van der Waals surface area contributed by atoms with Gasteiger partial charge in [-0.15, -0.1) is 0 Å². The van der Waals surface area contributed by atoms with Crippen LogP contribution < -0.4 is 92.9 Å². The van der Waals surface area contributed by atoms with Gasteiger partial charge in [0.1, 0.15) is 84.3 Å². The Morgan fingerprint density at radius 1 is 0.492 bits per heavy atom. The third-order valence-corrected chi connectivity index (χ3v) is 20.4. The summed E-state index contributed by atoms with van der Waals surface area (Å²) in [7, 11) is 0. The first kappa shape index (κ1) is 96.8. The van der Waals surface area contributed by atoms with Crippen molar-refractivity contribution in [1.82, 2.24) is 68.3 Å². The van der Waals surface area contributed by atoms with Crippen LogP contribution in [0.5, 0.6) is 5.75 Å². The number of nitrogens with zero attached hydrogens (tertiary/aromatic N) is 4. The lowest BCUT2D eigenvalue weighted by molar-refractivity contribution is -0.144. The van der Waals surface area contributed by atoms with Gasteiger partial charge < -0.3 is 118 Å². The highest BCUT2D eigenvalue weighted by molar-refractivity contribution is 6.01. The molecule has 0 radical (unpaired) electrons. The molecular formula is C78H121N21O19. The van der Waals surface area contributed by atoms with Crippen LogP contribution in [0.1, 0.15) is 175 Å². The summed E-state index contributed by atoms with van der Waals surface area (Å²) in [4.78, 5) is 234. The normalized spacial score (nSPS) is 17.8. The summed E-state index contributed by atoms with van der Waals surface area (Å²) < 4.78 is 0. The number of carbonyl (C=O) groups excluding carboxylic acids is 14. The molecule has 2 aromatic rings. The van der Waals surface area contributed by atoms with Gasteiger partial charge in [-0.3, -0.25) is 81.9 Å². The fraction of sp³-hybridized carbons (Fsp3) is 0.615. The number of guanidine groups is 2. The molecule has 26 N–H and O–H groups in total. The molecule has 40 heteroatoms. The molecule has 0 aliphatic carbocycles. The Bertz CT molecular complexity index is 3860. The number of phenolic OH excluding ortho intramolecular Hbond substituents is 1. The van der Waals surface area contributed by atoms with Crippen molar-refractivity contribution in [3.63, 3.8) is 0 Å². The van der Waals surface area contributed by atoms with Crippen LogP contribution in [0.3, 0.4) is 0 Å². The van der Waals surface area contributed by atoms with Crippen molar-refractivity contribution >= 4 is 107 Å². The molecule has 3 heterocycles. The van der Waals surface area contributed by atoms with Crippen molar-refractivity contribution < 1.29 is 92.0 Å². The van der Waals surface area contributed by atoms with Gasteiger partial charge in [-0.25, -0.2) is 4.79 Å². The highest BCUT2D eigenvalue weighted by atomic mass is 16.4. The Labute approximate surface area is 685 Å². The summed E-state index contributed by atoms with van der Waals surface area (Å²) in [5.41, 5.74) is 35.1. The lowest BCUT2D eigenvalue weighted by Gasteiger charge is -2.32. The maximum atomic E-state index is 15.1. The number of nitrogens with two attached hydrogens (primary N) is 6. The average Bonchev–Trinajstić information content (AvgIpc) is 1.62. The second-order valence-electron chi connectivity index (χ2n) is 30.9. The first-order valence-corrected chi connectivity index (χ1v) is 40.2. The number of likely N-dealkylation sites (tertiary alicyclic amines) is 2. The Kier molecular flexibility index (Phi) is 40.0. The number of unbranched alkanes of at least 4 members (excludes halogenated alkanes) is 1. The summed E-state index contributed by atoms with van der Waals surface area (Å²) in [6.07, 6.45) is -1.08. The Hall–Kier alpha value is -11.7. The van der Waals surface area contributed by atoms with Crippen molar-refractivity contribution in [3.8, 4) is 5.75 Å².